The molecule has 1 rings (SSSR count). The zero-order chi connectivity index (χ0) is 14.3. The van der Waals surface area contributed by atoms with Crippen molar-refractivity contribution in [3.8, 4) is 0 Å². The molecule has 0 heterocycles. The molecular formula is C13H20FN3O2. The molecule has 0 saturated carbocycles. The molecule has 0 aliphatic heterocycles. The second-order valence-electron chi connectivity index (χ2n) is 4.28. The van der Waals surface area contributed by atoms with E-state index in [9.17, 15) is 14.5 Å². The van der Waals surface area contributed by atoms with E-state index in [0.29, 0.717) is 12.2 Å². The van der Waals surface area contributed by atoms with Gasteiger partial charge in [0.2, 0.25) is 0 Å². The lowest BCUT2D eigenvalue weighted by Gasteiger charge is -2.19. The Morgan fingerprint density at radius 2 is 2.11 bits per heavy atom. The van der Waals surface area contributed by atoms with Crippen molar-refractivity contribution in [2.75, 3.05) is 31.5 Å². The normalized spacial score (nSPS) is 10.7. The van der Waals surface area contributed by atoms with Gasteiger partial charge in [-0.3, -0.25) is 10.1 Å². The summed E-state index contributed by atoms with van der Waals surface area (Å²) in [6.45, 7) is 7.61. The highest BCUT2D eigenvalue weighted by Crippen LogP contribution is 2.20. The van der Waals surface area contributed by atoms with Crippen LogP contribution in [0.1, 0.15) is 20.3 Å². The Bertz CT molecular complexity index is 426. The van der Waals surface area contributed by atoms with Gasteiger partial charge in [-0.15, -0.1) is 0 Å². The van der Waals surface area contributed by atoms with E-state index in [0.717, 1.165) is 32.1 Å². The molecular weight excluding hydrogens is 249 g/mol. The Morgan fingerprint density at radius 3 is 2.63 bits per heavy atom. The summed E-state index contributed by atoms with van der Waals surface area (Å²) < 4.78 is 13.6. The molecule has 0 unspecified atom stereocenters. The Kier molecular flexibility index (Phi) is 6.21. The Balaban J connectivity index is 2.51. The van der Waals surface area contributed by atoms with E-state index in [2.05, 4.69) is 24.1 Å². The topological polar surface area (TPSA) is 58.4 Å². The minimum atomic E-state index is -0.604. The van der Waals surface area contributed by atoms with Crippen LogP contribution in [0.3, 0.4) is 0 Å². The van der Waals surface area contributed by atoms with E-state index in [1.54, 1.807) is 0 Å². The molecule has 19 heavy (non-hydrogen) atoms. The molecule has 0 bridgehead atoms. The molecule has 0 aromatic heterocycles. The molecule has 0 aliphatic carbocycles. The maximum absolute atomic E-state index is 13.6. The van der Waals surface area contributed by atoms with Crippen molar-refractivity contribution in [3.63, 3.8) is 0 Å². The smallest absolute Gasteiger partial charge is 0.272 e. The number of non-ortho nitro benzene ring substituents is 1. The highest BCUT2D eigenvalue weighted by atomic mass is 19.1. The van der Waals surface area contributed by atoms with Gasteiger partial charge in [-0.05, 0) is 25.6 Å². The third kappa shape index (κ3) is 4.82. The van der Waals surface area contributed by atoms with Gasteiger partial charge in [0, 0.05) is 19.2 Å². The molecule has 1 N–H and O–H groups in total. The summed E-state index contributed by atoms with van der Waals surface area (Å²) in [6.07, 6.45) is 1.08. The van der Waals surface area contributed by atoms with Crippen LogP contribution in [0.15, 0.2) is 18.2 Å². The van der Waals surface area contributed by atoms with Gasteiger partial charge in [0.1, 0.15) is 0 Å². The van der Waals surface area contributed by atoms with Gasteiger partial charge < -0.3 is 10.2 Å². The number of nitro groups is 1. The first-order valence-corrected chi connectivity index (χ1v) is 6.48. The minimum absolute atomic E-state index is 0.232. The summed E-state index contributed by atoms with van der Waals surface area (Å²) in [4.78, 5) is 12.1. The van der Waals surface area contributed by atoms with Crippen molar-refractivity contribution in [1.82, 2.24) is 4.90 Å². The summed E-state index contributed by atoms with van der Waals surface area (Å²) in [5.41, 5.74) is 0.0716. The number of nitrogens with zero attached hydrogens (tertiary/aromatic N) is 2. The van der Waals surface area contributed by atoms with Crippen LogP contribution < -0.4 is 5.32 Å². The van der Waals surface area contributed by atoms with Crippen LogP contribution in [0.25, 0.3) is 0 Å². The maximum atomic E-state index is 13.6. The largest absolute Gasteiger partial charge is 0.381 e. The zero-order valence-corrected chi connectivity index (χ0v) is 11.4. The molecule has 1 aromatic carbocycles. The van der Waals surface area contributed by atoms with Crippen LogP contribution in [0.2, 0.25) is 0 Å². The third-order valence-electron chi connectivity index (χ3n) is 2.89. The summed E-state index contributed by atoms with van der Waals surface area (Å²) in [6, 6.07) is 3.64. The molecule has 0 atom stereocenters. The summed E-state index contributed by atoms with van der Waals surface area (Å²) >= 11 is 0. The number of hydrogen-bond acceptors (Lipinski definition) is 4. The summed E-state index contributed by atoms with van der Waals surface area (Å²) in [5, 5.41) is 13.5. The van der Waals surface area contributed by atoms with E-state index >= 15 is 0 Å². The predicted octanol–water partition coefficient (Wildman–Crippen LogP) is 2.88. The lowest BCUT2D eigenvalue weighted by molar-refractivity contribution is -0.385. The number of nitro benzene ring substituents is 1. The lowest BCUT2D eigenvalue weighted by Crippen LogP contribution is -2.29. The first-order chi connectivity index (χ1) is 9.08. The number of rotatable bonds is 8. The monoisotopic (exact) mass is 269 g/mol. The quantitative estimate of drug-likeness (QED) is 0.582. The van der Waals surface area contributed by atoms with Crippen molar-refractivity contribution in [2.24, 2.45) is 0 Å². The van der Waals surface area contributed by atoms with Crippen LogP contribution in [0.5, 0.6) is 0 Å². The van der Waals surface area contributed by atoms with E-state index in [-0.39, 0.29) is 5.69 Å². The molecule has 0 fully saturated rings. The van der Waals surface area contributed by atoms with E-state index in [1.807, 2.05) is 0 Å². The third-order valence-corrected chi connectivity index (χ3v) is 2.89. The fourth-order valence-electron chi connectivity index (χ4n) is 1.85. The fourth-order valence-corrected chi connectivity index (χ4v) is 1.85. The molecule has 5 nitrogen and oxygen atoms in total. The average molecular weight is 269 g/mol. The maximum Gasteiger partial charge on any atom is 0.272 e. The number of hydrogen-bond donors (Lipinski definition) is 1. The van der Waals surface area contributed by atoms with Gasteiger partial charge in [0.05, 0.1) is 16.7 Å². The van der Waals surface area contributed by atoms with Gasteiger partial charge in [0.25, 0.3) is 5.69 Å². The molecule has 0 saturated heterocycles. The van der Waals surface area contributed by atoms with Crippen molar-refractivity contribution in [2.45, 2.75) is 20.3 Å². The minimum Gasteiger partial charge on any atom is -0.381 e. The van der Waals surface area contributed by atoms with Gasteiger partial charge in [-0.2, -0.15) is 0 Å². The number of nitrogens with one attached hydrogen (secondary N) is 1. The van der Waals surface area contributed by atoms with Gasteiger partial charge in [-0.25, -0.2) is 4.39 Å². The highest BCUT2D eigenvalue weighted by molar-refractivity contribution is 5.50. The van der Waals surface area contributed by atoms with Crippen molar-refractivity contribution >= 4 is 11.4 Å². The van der Waals surface area contributed by atoms with Crippen LogP contribution >= 0.6 is 0 Å². The Hall–Kier alpha value is -1.69. The number of anilines is 1. The van der Waals surface area contributed by atoms with Crippen molar-refractivity contribution in [1.29, 1.82) is 0 Å². The molecule has 106 valence electrons. The van der Waals surface area contributed by atoms with Crippen LogP contribution in [-0.4, -0.2) is 36.0 Å². The number of halogens is 1. The van der Waals surface area contributed by atoms with Gasteiger partial charge >= 0.3 is 0 Å². The van der Waals surface area contributed by atoms with Gasteiger partial charge in [0.15, 0.2) is 5.82 Å². The van der Waals surface area contributed by atoms with Crippen LogP contribution in [0.4, 0.5) is 15.8 Å². The number of benzene rings is 1. The number of likely N-dealkylation sites (N-methyl/N-ethyl adjacent to an activating group) is 1. The van der Waals surface area contributed by atoms with Crippen LogP contribution in [-0.2, 0) is 0 Å². The zero-order valence-electron chi connectivity index (χ0n) is 11.4. The fraction of sp³-hybridized carbons (Fsp3) is 0.538. The Labute approximate surface area is 112 Å². The first-order valence-electron chi connectivity index (χ1n) is 6.48. The van der Waals surface area contributed by atoms with Crippen LogP contribution in [0, 0.1) is 15.9 Å². The molecule has 6 heteroatoms. The van der Waals surface area contributed by atoms with Crippen molar-refractivity contribution < 1.29 is 9.31 Å². The molecule has 0 amide bonds. The highest BCUT2D eigenvalue weighted by Gasteiger charge is 2.10. The predicted molar refractivity (Wildman–Crippen MR) is 73.9 cm³/mol. The lowest BCUT2D eigenvalue weighted by atomic mass is 10.2. The summed E-state index contributed by atoms with van der Waals surface area (Å²) in [5.74, 6) is -0.590. The van der Waals surface area contributed by atoms with Gasteiger partial charge in [-0.1, -0.05) is 13.8 Å². The first kappa shape index (κ1) is 15.4. The SMILES string of the molecule is CCCN(CC)CCNc1ccc([N+](=O)[O-])cc1F. The van der Waals surface area contributed by atoms with Crippen molar-refractivity contribution in [3.05, 3.63) is 34.1 Å². The molecule has 0 aliphatic rings. The standard InChI is InChI=1S/C13H20FN3O2/c1-3-8-16(4-2)9-7-15-13-6-5-11(17(18)19)10-12(13)14/h5-6,10,15H,3-4,7-9H2,1-2H3. The Morgan fingerprint density at radius 1 is 1.37 bits per heavy atom. The van der Waals surface area contributed by atoms with E-state index in [1.165, 1.54) is 12.1 Å². The summed E-state index contributed by atoms with van der Waals surface area (Å²) in [7, 11) is 0. The average Bonchev–Trinajstić information content (AvgIpc) is 2.39. The second kappa shape index (κ2) is 7.68. The van der Waals surface area contributed by atoms with E-state index < -0.39 is 10.7 Å². The molecule has 0 spiro atoms. The second-order valence-corrected chi connectivity index (χ2v) is 4.28. The molecule has 0 radical (unpaired) electrons. The molecule has 1 aromatic rings. The van der Waals surface area contributed by atoms with E-state index in [4.69, 9.17) is 0 Å².